The fraction of sp³-hybridized carbons (Fsp3) is 0.500. The molecule has 0 amide bonds. The molecular weight excluding hydrogens is 238 g/mol. The molecule has 14 heavy (non-hydrogen) atoms. The van der Waals surface area contributed by atoms with Crippen molar-refractivity contribution in [3.05, 3.63) is 33.8 Å². The number of hydrogen-bond acceptors (Lipinski definition) is 1. The normalized spacial score (nSPS) is 22.9. The van der Waals surface area contributed by atoms with Crippen LogP contribution in [0.4, 0.5) is 0 Å². The lowest BCUT2D eigenvalue weighted by molar-refractivity contribution is 0.317. The van der Waals surface area contributed by atoms with Crippen LogP contribution in [0.15, 0.2) is 22.7 Å². The van der Waals surface area contributed by atoms with Gasteiger partial charge in [-0.3, -0.25) is 4.90 Å². The number of rotatable bonds is 1. The number of aryl methyl sites for hydroxylation is 1. The molecule has 76 valence electrons. The Bertz CT molecular complexity index is 335. The van der Waals surface area contributed by atoms with Gasteiger partial charge in [0.1, 0.15) is 0 Å². The Morgan fingerprint density at radius 3 is 2.79 bits per heavy atom. The topological polar surface area (TPSA) is 3.24 Å². The van der Waals surface area contributed by atoms with Crippen LogP contribution in [0.2, 0.25) is 0 Å². The van der Waals surface area contributed by atoms with Crippen molar-refractivity contribution < 1.29 is 0 Å². The maximum atomic E-state index is 3.54. The second-order valence-corrected chi connectivity index (χ2v) is 5.00. The molecule has 1 aromatic rings. The van der Waals surface area contributed by atoms with Crippen molar-refractivity contribution in [1.29, 1.82) is 0 Å². The summed E-state index contributed by atoms with van der Waals surface area (Å²) in [4.78, 5) is 2.45. The first-order chi connectivity index (χ1) is 6.68. The van der Waals surface area contributed by atoms with E-state index < -0.39 is 0 Å². The van der Waals surface area contributed by atoms with Gasteiger partial charge < -0.3 is 0 Å². The summed E-state index contributed by atoms with van der Waals surface area (Å²) in [5.74, 6) is 0. The molecule has 1 atom stereocenters. The molecule has 1 aromatic carbocycles. The fourth-order valence-electron chi connectivity index (χ4n) is 2.21. The molecule has 0 saturated carbocycles. The van der Waals surface area contributed by atoms with Crippen molar-refractivity contribution in [1.82, 2.24) is 4.90 Å². The first kappa shape index (κ1) is 10.2. The maximum absolute atomic E-state index is 3.54. The Labute approximate surface area is 94.2 Å². The number of likely N-dealkylation sites (tertiary alicyclic amines) is 1. The molecule has 1 nitrogen and oxygen atoms in total. The van der Waals surface area contributed by atoms with Crippen LogP contribution in [0, 0.1) is 6.92 Å². The summed E-state index contributed by atoms with van der Waals surface area (Å²) in [6, 6.07) is 7.35. The predicted molar refractivity (Wildman–Crippen MR) is 63.5 cm³/mol. The third kappa shape index (κ3) is 1.86. The molecule has 0 N–H and O–H groups in total. The van der Waals surface area contributed by atoms with Gasteiger partial charge in [-0.15, -0.1) is 0 Å². The third-order valence-corrected chi connectivity index (χ3v) is 3.98. The van der Waals surface area contributed by atoms with Gasteiger partial charge >= 0.3 is 0 Å². The lowest BCUT2D eigenvalue weighted by Crippen LogP contribution is -2.17. The third-order valence-electron chi connectivity index (χ3n) is 3.09. The van der Waals surface area contributed by atoms with Crippen LogP contribution in [-0.2, 0) is 0 Å². The standard InChI is InChI=1S/C12H16BrN/c1-9-8-10(5-6-11(9)13)12-4-3-7-14(12)2/h5-6,8,12H,3-4,7H2,1-2H3. The smallest absolute Gasteiger partial charge is 0.0345 e. The number of halogens is 1. The molecule has 1 unspecified atom stereocenters. The van der Waals surface area contributed by atoms with E-state index >= 15 is 0 Å². The quantitative estimate of drug-likeness (QED) is 0.741. The minimum atomic E-state index is 0.641. The Kier molecular flexibility index (Phi) is 2.93. The van der Waals surface area contributed by atoms with Crippen LogP contribution >= 0.6 is 15.9 Å². The van der Waals surface area contributed by atoms with Gasteiger partial charge in [-0.25, -0.2) is 0 Å². The molecule has 1 aliphatic heterocycles. The summed E-state index contributed by atoms with van der Waals surface area (Å²) in [6.07, 6.45) is 2.63. The molecule has 0 aliphatic carbocycles. The SMILES string of the molecule is Cc1cc(C2CCCN2C)ccc1Br. The van der Waals surface area contributed by atoms with E-state index in [-0.39, 0.29) is 0 Å². The van der Waals surface area contributed by atoms with Crippen LogP contribution < -0.4 is 0 Å². The van der Waals surface area contributed by atoms with Gasteiger partial charge in [-0.2, -0.15) is 0 Å². The van der Waals surface area contributed by atoms with Crippen LogP contribution in [0.1, 0.15) is 30.0 Å². The second kappa shape index (κ2) is 4.03. The van der Waals surface area contributed by atoms with E-state index in [2.05, 4.69) is 53.0 Å². The minimum Gasteiger partial charge on any atom is -0.299 e. The van der Waals surface area contributed by atoms with E-state index in [9.17, 15) is 0 Å². The second-order valence-electron chi connectivity index (χ2n) is 4.15. The van der Waals surface area contributed by atoms with E-state index in [1.54, 1.807) is 0 Å². The van der Waals surface area contributed by atoms with Crippen LogP contribution in [0.25, 0.3) is 0 Å². The molecule has 1 fully saturated rings. The molecule has 0 spiro atoms. The van der Waals surface area contributed by atoms with Crippen molar-refractivity contribution in [2.24, 2.45) is 0 Å². The predicted octanol–water partition coefficient (Wildman–Crippen LogP) is 3.52. The zero-order valence-corrected chi connectivity index (χ0v) is 10.3. The summed E-state index contributed by atoms with van der Waals surface area (Å²) < 4.78 is 1.21. The first-order valence-electron chi connectivity index (χ1n) is 5.15. The lowest BCUT2D eigenvalue weighted by atomic mass is 10.0. The van der Waals surface area contributed by atoms with Crippen molar-refractivity contribution in [2.45, 2.75) is 25.8 Å². The van der Waals surface area contributed by atoms with Gasteiger partial charge in [0.15, 0.2) is 0 Å². The minimum absolute atomic E-state index is 0.641. The van der Waals surface area contributed by atoms with E-state index in [1.165, 1.54) is 35.0 Å². The van der Waals surface area contributed by atoms with E-state index in [0.717, 1.165) is 0 Å². The Balaban J connectivity index is 2.28. The summed E-state index contributed by atoms with van der Waals surface area (Å²) in [5, 5.41) is 0. The van der Waals surface area contributed by atoms with E-state index in [0.29, 0.717) is 6.04 Å². The van der Waals surface area contributed by atoms with Gasteiger partial charge in [0.2, 0.25) is 0 Å². The van der Waals surface area contributed by atoms with Gasteiger partial charge in [-0.05, 0) is 50.6 Å². The Morgan fingerprint density at radius 2 is 2.21 bits per heavy atom. The number of benzene rings is 1. The average molecular weight is 254 g/mol. The molecule has 0 aromatic heterocycles. The summed E-state index contributed by atoms with van der Waals surface area (Å²) >= 11 is 3.54. The first-order valence-corrected chi connectivity index (χ1v) is 5.94. The summed E-state index contributed by atoms with van der Waals surface area (Å²) in [5.41, 5.74) is 2.80. The molecular formula is C12H16BrN. The Morgan fingerprint density at radius 1 is 1.43 bits per heavy atom. The zero-order chi connectivity index (χ0) is 10.1. The monoisotopic (exact) mass is 253 g/mol. The summed E-state index contributed by atoms with van der Waals surface area (Å²) in [7, 11) is 2.22. The van der Waals surface area contributed by atoms with Crippen molar-refractivity contribution >= 4 is 15.9 Å². The fourth-order valence-corrected chi connectivity index (χ4v) is 2.45. The molecule has 2 rings (SSSR count). The molecule has 1 heterocycles. The molecule has 0 bridgehead atoms. The van der Waals surface area contributed by atoms with Crippen molar-refractivity contribution in [3.63, 3.8) is 0 Å². The molecule has 2 heteroatoms. The number of hydrogen-bond donors (Lipinski definition) is 0. The lowest BCUT2D eigenvalue weighted by Gasteiger charge is -2.20. The maximum Gasteiger partial charge on any atom is 0.0345 e. The highest BCUT2D eigenvalue weighted by Crippen LogP contribution is 2.31. The van der Waals surface area contributed by atoms with Crippen LogP contribution in [0.5, 0.6) is 0 Å². The molecule has 0 radical (unpaired) electrons. The highest BCUT2D eigenvalue weighted by atomic mass is 79.9. The van der Waals surface area contributed by atoms with Gasteiger partial charge in [-0.1, -0.05) is 28.1 Å². The average Bonchev–Trinajstić information content (AvgIpc) is 2.57. The van der Waals surface area contributed by atoms with E-state index in [4.69, 9.17) is 0 Å². The highest BCUT2D eigenvalue weighted by Gasteiger charge is 2.22. The summed E-state index contributed by atoms with van der Waals surface area (Å²) in [6.45, 7) is 3.39. The van der Waals surface area contributed by atoms with Crippen molar-refractivity contribution in [2.75, 3.05) is 13.6 Å². The molecule has 1 saturated heterocycles. The van der Waals surface area contributed by atoms with Gasteiger partial charge in [0, 0.05) is 10.5 Å². The van der Waals surface area contributed by atoms with Crippen LogP contribution in [0.3, 0.4) is 0 Å². The largest absolute Gasteiger partial charge is 0.299 e. The Hall–Kier alpha value is -0.340. The van der Waals surface area contributed by atoms with Gasteiger partial charge in [0.05, 0.1) is 0 Å². The van der Waals surface area contributed by atoms with Crippen LogP contribution in [-0.4, -0.2) is 18.5 Å². The van der Waals surface area contributed by atoms with E-state index in [1.807, 2.05) is 0 Å². The highest BCUT2D eigenvalue weighted by molar-refractivity contribution is 9.10. The number of nitrogens with zero attached hydrogens (tertiary/aromatic N) is 1. The van der Waals surface area contributed by atoms with Crippen molar-refractivity contribution in [3.8, 4) is 0 Å². The molecule has 1 aliphatic rings. The zero-order valence-electron chi connectivity index (χ0n) is 8.76. The van der Waals surface area contributed by atoms with Gasteiger partial charge in [0.25, 0.3) is 0 Å².